The van der Waals surface area contributed by atoms with Crippen molar-refractivity contribution in [1.29, 1.82) is 0 Å². The fraction of sp³-hybridized carbons (Fsp3) is 0.625. The van der Waals surface area contributed by atoms with Crippen LogP contribution in [-0.2, 0) is 6.42 Å². The van der Waals surface area contributed by atoms with Crippen LogP contribution in [0.2, 0.25) is 0 Å². The van der Waals surface area contributed by atoms with E-state index in [-0.39, 0.29) is 0 Å². The van der Waals surface area contributed by atoms with Crippen LogP contribution < -0.4 is 5.32 Å². The van der Waals surface area contributed by atoms with E-state index >= 15 is 0 Å². The van der Waals surface area contributed by atoms with Gasteiger partial charge in [-0.05, 0) is 52.4 Å². The molecule has 0 heterocycles. The standard InChI is InChI=1S/C16H28N2/c1-5-18(4)13-15(3)17-11-7-10-16-9-6-8-14(2)12-16/h6,8-9,12,15,17H,5,7,10-11,13H2,1-4H3. The van der Waals surface area contributed by atoms with E-state index in [1.807, 2.05) is 0 Å². The number of nitrogens with zero attached hydrogens (tertiary/aromatic N) is 1. The Balaban J connectivity index is 2.15. The van der Waals surface area contributed by atoms with Crippen molar-refractivity contribution in [2.45, 2.75) is 39.7 Å². The van der Waals surface area contributed by atoms with E-state index in [4.69, 9.17) is 0 Å². The molecule has 0 fully saturated rings. The van der Waals surface area contributed by atoms with Crippen molar-refractivity contribution in [3.05, 3.63) is 35.4 Å². The van der Waals surface area contributed by atoms with Gasteiger partial charge in [0.2, 0.25) is 0 Å². The van der Waals surface area contributed by atoms with Gasteiger partial charge in [0.1, 0.15) is 0 Å². The van der Waals surface area contributed by atoms with Crippen LogP contribution in [0.3, 0.4) is 0 Å². The first-order valence-electron chi connectivity index (χ1n) is 7.09. The predicted molar refractivity (Wildman–Crippen MR) is 80.1 cm³/mol. The average Bonchev–Trinajstić information content (AvgIpc) is 2.34. The summed E-state index contributed by atoms with van der Waals surface area (Å²) >= 11 is 0. The molecule has 18 heavy (non-hydrogen) atoms. The highest BCUT2D eigenvalue weighted by Crippen LogP contribution is 2.06. The molecule has 0 saturated heterocycles. The Hall–Kier alpha value is -0.860. The third-order valence-electron chi connectivity index (χ3n) is 3.34. The van der Waals surface area contributed by atoms with Gasteiger partial charge in [0.05, 0.1) is 0 Å². The van der Waals surface area contributed by atoms with E-state index in [2.05, 4.69) is 62.3 Å². The van der Waals surface area contributed by atoms with Gasteiger partial charge in [-0.1, -0.05) is 36.8 Å². The molecule has 0 aliphatic heterocycles. The largest absolute Gasteiger partial charge is 0.313 e. The highest BCUT2D eigenvalue weighted by atomic mass is 15.1. The molecule has 0 aliphatic rings. The first kappa shape index (κ1) is 15.2. The minimum absolute atomic E-state index is 0.576. The van der Waals surface area contributed by atoms with Crippen LogP contribution in [0.4, 0.5) is 0 Å². The molecular formula is C16H28N2. The van der Waals surface area contributed by atoms with Crippen LogP contribution in [0.15, 0.2) is 24.3 Å². The lowest BCUT2D eigenvalue weighted by Crippen LogP contribution is -2.37. The zero-order valence-corrected chi connectivity index (χ0v) is 12.4. The number of benzene rings is 1. The number of nitrogens with one attached hydrogen (secondary N) is 1. The Bertz CT molecular complexity index is 336. The lowest BCUT2D eigenvalue weighted by Gasteiger charge is -2.20. The minimum Gasteiger partial charge on any atom is -0.313 e. The Morgan fingerprint density at radius 3 is 2.78 bits per heavy atom. The SMILES string of the molecule is CCN(C)CC(C)NCCCc1cccc(C)c1. The van der Waals surface area contributed by atoms with E-state index in [0.29, 0.717) is 6.04 Å². The lowest BCUT2D eigenvalue weighted by atomic mass is 10.1. The number of hydrogen-bond donors (Lipinski definition) is 1. The van der Waals surface area contributed by atoms with Gasteiger partial charge in [0.15, 0.2) is 0 Å². The quantitative estimate of drug-likeness (QED) is 0.712. The van der Waals surface area contributed by atoms with Crippen LogP contribution in [0.5, 0.6) is 0 Å². The highest BCUT2D eigenvalue weighted by molar-refractivity contribution is 5.22. The van der Waals surface area contributed by atoms with Crippen LogP contribution in [0, 0.1) is 6.92 Å². The monoisotopic (exact) mass is 248 g/mol. The van der Waals surface area contributed by atoms with Crippen molar-refractivity contribution >= 4 is 0 Å². The van der Waals surface area contributed by atoms with Crippen LogP contribution >= 0.6 is 0 Å². The highest BCUT2D eigenvalue weighted by Gasteiger charge is 2.03. The Kier molecular flexibility index (Phi) is 6.99. The molecular weight excluding hydrogens is 220 g/mol. The van der Waals surface area contributed by atoms with E-state index in [1.165, 1.54) is 24.0 Å². The lowest BCUT2D eigenvalue weighted by molar-refractivity contribution is 0.310. The summed E-state index contributed by atoms with van der Waals surface area (Å²) in [6, 6.07) is 9.39. The molecule has 102 valence electrons. The van der Waals surface area contributed by atoms with E-state index in [9.17, 15) is 0 Å². The zero-order chi connectivity index (χ0) is 13.4. The van der Waals surface area contributed by atoms with Crippen molar-refractivity contribution in [2.24, 2.45) is 0 Å². The van der Waals surface area contributed by atoms with E-state index in [1.54, 1.807) is 0 Å². The molecule has 2 nitrogen and oxygen atoms in total. The van der Waals surface area contributed by atoms with Gasteiger partial charge < -0.3 is 10.2 Å². The third-order valence-corrected chi connectivity index (χ3v) is 3.34. The van der Waals surface area contributed by atoms with Crippen molar-refractivity contribution in [2.75, 3.05) is 26.7 Å². The molecule has 1 atom stereocenters. The molecule has 0 aliphatic carbocycles. The summed E-state index contributed by atoms with van der Waals surface area (Å²) in [6.07, 6.45) is 2.38. The maximum atomic E-state index is 3.59. The summed E-state index contributed by atoms with van der Waals surface area (Å²) in [5, 5.41) is 3.59. The second-order valence-corrected chi connectivity index (χ2v) is 5.30. The smallest absolute Gasteiger partial charge is 0.0166 e. The maximum Gasteiger partial charge on any atom is 0.0166 e. The maximum absolute atomic E-state index is 3.59. The molecule has 1 aromatic rings. The van der Waals surface area contributed by atoms with Crippen LogP contribution in [-0.4, -0.2) is 37.6 Å². The van der Waals surface area contributed by atoms with Gasteiger partial charge in [-0.3, -0.25) is 0 Å². The summed E-state index contributed by atoms with van der Waals surface area (Å²) in [4.78, 5) is 2.35. The molecule has 1 rings (SSSR count). The fourth-order valence-corrected chi connectivity index (χ4v) is 2.17. The van der Waals surface area contributed by atoms with Crippen molar-refractivity contribution in [1.82, 2.24) is 10.2 Å². The zero-order valence-electron chi connectivity index (χ0n) is 12.4. The molecule has 1 aromatic carbocycles. The van der Waals surface area contributed by atoms with E-state index in [0.717, 1.165) is 19.6 Å². The predicted octanol–water partition coefficient (Wildman–Crippen LogP) is 2.86. The molecule has 0 amide bonds. The van der Waals surface area contributed by atoms with Crippen molar-refractivity contribution < 1.29 is 0 Å². The fourth-order valence-electron chi connectivity index (χ4n) is 2.17. The molecule has 0 aromatic heterocycles. The molecule has 0 bridgehead atoms. The van der Waals surface area contributed by atoms with Gasteiger partial charge in [0, 0.05) is 12.6 Å². The number of likely N-dealkylation sites (N-methyl/N-ethyl adjacent to an activating group) is 1. The van der Waals surface area contributed by atoms with Crippen LogP contribution in [0.25, 0.3) is 0 Å². The molecule has 1 unspecified atom stereocenters. The van der Waals surface area contributed by atoms with Crippen molar-refractivity contribution in [3.8, 4) is 0 Å². The molecule has 2 heteroatoms. The normalized spacial score (nSPS) is 12.9. The van der Waals surface area contributed by atoms with Gasteiger partial charge in [-0.15, -0.1) is 0 Å². The first-order valence-corrected chi connectivity index (χ1v) is 7.09. The summed E-state index contributed by atoms with van der Waals surface area (Å²) in [7, 11) is 2.17. The van der Waals surface area contributed by atoms with Crippen molar-refractivity contribution in [3.63, 3.8) is 0 Å². The average molecular weight is 248 g/mol. The Morgan fingerprint density at radius 2 is 2.11 bits per heavy atom. The molecule has 0 radical (unpaired) electrons. The van der Waals surface area contributed by atoms with Gasteiger partial charge in [-0.2, -0.15) is 0 Å². The summed E-state index contributed by atoms with van der Waals surface area (Å²) in [5.74, 6) is 0. The van der Waals surface area contributed by atoms with E-state index < -0.39 is 0 Å². The van der Waals surface area contributed by atoms with Crippen LogP contribution in [0.1, 0.15) is 31.4 Å². The number of rotatable bonds is 8. The minimum atomic E-state index is 0.576. The second kappa shape index (κ2) is 8.28. The second-order valence-electron chi connectivity index (χ2n) is 5.30. The number of hydrogen-bond acceptors (Lipinski definition) is 2. The first-order chi connectivity index (χ1) is 8.61. The van der Waals surface area contributed by atoms with Gasteiger partial charge in [0.25, 0.3) is 0 Å². The molecule has 0 saturated carbocycles. The van der Waals surface area contributed by atoms with Gasteiger partial charge in [-0.25, -0.2) is 0 Å². The molecule has 0 spiro atoms. The molecule has 1 N–H and O–H groups in total. The summed E-state index contributed by atoms with van der Waals surface area (Å²) in [5.41, 5.74) is 2.81. The third kappa shape index (κ3) is 6.18. The summed E-state index contributed by atoms with van der Waals surface area (Å²) < 4.78 is 0. The summed E-state index contributed by atoms with van der Waals surface area (Å²) in [6.45, 7) is 9.97. The van der Waals surface area contributed by atoms with Gasteiger partial charge >= 0.3 is 0 Å². The Labute approximate surface area is 112 Å². The number of aryl methyl sites for hydroxylation is 2. The topological polar surface area (TPSA) is 15.3 Å². The Morgan fingerprint density at radius 1 is 1.33 bits per heavy atom.